The summed E-state index contributed by atoms with van der Waals surface area (Å²) in [6, 6.07) is 0. The molecule has 2 rings (SSSR count). The van der Waals surface area contributed by atoms with Crippen molar-refractivity contribution in [2.75, 3.05) is 0 Å². The molecule has 2 N–H and O–H groups in total. The van der Waals surface area contributed by atoms with Crippen LogP contribution in [0.25, 0.3) is 0 Å². The van der Waals surface area contributed by atoms with E-state index in [1.54, 1.807) is 19.1 Å². The molecule has 1 aromatic heterocycles. The molecule has 0 aliphatic carbocycles. The van der Waals surface area contributed by atoms with Gasteiger partial charge in [-0.3, -0.25) is 14.3 Å². The van der Waals surface area contributed by atoms with Crippen LogP contribution in [-0.4, -0.2) is 26.6 Å². The second-order valence-corrected chi connectivity index (χ2v) is 7.78. The third-order valence-corrected chi connectivity index (χ3v) is 4.57. The molecule has 1 aliphatic heterocycles. The number of nitrogens with zero attached hydrogens (tertiary/aromatic N) is 1. The summed E-state index contributed by atoms with van der Waals surface area (Å²) >= 11 is 11.3. The second kappa shape index (κ2) is 5.77. The lowest BCUT2D eigenvalue weighted by Gasteiger charge is -2.20. The van der Waals surface area contributed by atoms with Crippen LogP contribution < -0.4 is 11.2 Å². The Kier molecular flexibility index (Phi) is 4.48. The van der Waals surface area contributed by atoms with Gasteiger partial charge < -0.3 is 9.84 Å². The maximum absolute atomic E-state index is 11.7. The molecule has 0 spiro atoms. The Balaban J connectivity index is 2.23. The van der Waals surface area contributed by atoms with E-state index in [9.17, 15) is 14.7 Å². The number of ether oxygens (including phenoxy) is 1. The number of aliphatic hydroxyl groups excluding tert-OH is 1. The van der Waals surface area contributed by atoms with Crippen LogP contribution >= 0.6 is 29.1 Å². The summed E-state index contributed by atoms with van der Waals surface area (Å²) in [6.45, 7) is -0.0212. The lowest BCUT2D eigenvalue weighted by atomic mass is 10.3. The fraction of sp³-hybridized carbons (Fsp3) is 0.400. The van der Waals surface area contributed by atoms with E-state index < -0.39 is 36.1 Å². The van der Waals surface area contributed by atoms with Crippen LogP contribution in [0.4, 0.5) is 0 Å². The normalized spacial score (nSPS) is 24.1. The zero-order valence-corrected chi connectivity index (χ0v) is 12.2. The van der Waals surface area contributed by atoms with Gasteiger partial charge in [-0.15, -0.1) is 0 Å². The first-order valence-electron chi connectivity index (χ1n) is 5.35. The Morgan fingerprint density at radius 2 is 2.16 bits per heavy atom. The van der Waals surface area contributed by atoms with Crippen LogP contribution in [0, 0.1) is 6.92 Å². The van der Waals surface area contributed by atoms with Gasteiger partial charge in [0.2, 0.25) is 0 Å². The summed E-state index contributed by atoms with van der Waals surface area (Å²) in [6.07, 6.45) is 3.20. The van der Waals surface area contributed by atoms with Gasteiger partial charge in [0.15, 0.2) is 6.23 Å². The molecule has 1 aliphatic rings. The molecule has 19 heavy (non-hydrogen) atoms. The molecule has 1 aromatic rings. The molecule has 3 atom stereocenters. The van der Waals surface area contributed by atoms with Crippen LogP contribution in [0.1, 0.15) is 11.8 Å². The zero-order chi connectivity index (χ0) is 14.2. The number of rotatable bonds is 3. The van der Waals surface area contributed by atoms with Gasteiger partial charge in [-0.25, -0.2) is 4.79 Å². The summed E-state index contributed by atoms with van der Waals surface area (Å²) in [5, 5.41) is 9.70. The van der Waals surface area contributed by atoms with E-state index in [1.807, 2.05) is 0 Å². The predicted octanol–water partition coefficient (Wildman–Crippen LogP) is 1.41. The number of aromatic nitrogens is 2. The molecule has 0 bridgehead atoms. The summed E-state index contributed by atoms with van der Waals surface area (Å²) in [4.78, 5) is 25.1. The molecule has 6 nitrogen and oxygen atoms in total. The molecule has 104 valence electrons. The van der Waals surface area contributed by atoms with E-state index in [1.165, 1.54) is 10.8 Å². The Hall–Kier alpha value is -0.650. The largest absolute Gasteiger partial charge is 0.383 e. The summed E-state index contributed by atoms with van der Waals surface area (Å²) < 4.78 is 6.70. The van der Waals surface area contributed by atoms with Crippen molar-refractivity contribution in [1.82, 2.24) is 9.55 Å². The Morgan fingerprint density at radius 3 is 2.79 bits per heavy atom. The standard InChI is InChI=1S/C10H11Cl2N2O4P/c1-5-4-14(10(17)13-8(5)15)7-3-2-6(18-7)9(16)19(11)12/h2-4,6-7,9,16H,1H3,(H,13,15,17)/t6-,7+,9?/m0/s1. The number of aromatic amines is 1. The first kappa shape index (κ1) is 14.8. The van der Waals surface area contributed by atoms with E-state index in [0.717, 1.165) is 0 Å². The number of aliphatic hydroxyl groups is 1. The minimum absolute atomic E-state index is 0.387. The molecule has 1 unspecified atom stereocenters. The number of aryl methyl sites for hydroxylation is 1. The van der Waals surface area contributed by atoms with Crippen molar-refractivity contribution in [3.05, 3.63) is 44.8 Å². The molecule has 0 saturated carbocycles. The third kappa shape index (κ3) is 3.09. The third-order valence-electron chi connectivity index (χ3n) is 2.68. The highest BCUT2D eigenvalue weighted by molar-refractivity contribution is 8.04. The van der Waals surface area contributed by atoms with Crippen LogP contribution in [0.3, 0.4) is 0 Å². The smallest absolute Gasteiger partial charge is 0.330 e. The molecule has 2 heterocycles. The van der Waals surface area contributed by atoms with Crippen molar-refractivity contribution in [3.8, 4) is 0 Å². The minimum Gasteiger partial charge on any atom is -0.383 e. The van der Waals surface area contributed by atoms with Gasteiger partial charge in [-0.05, 0) is 13.0 Å². The predicted molar refractivity (Wildman–Crippen MR) is 73.7 cm³/mol. The molecule has 0 radical (unpaired) electrons. The molecule has 9 heteroatoms. The van der Waals surface area contributed by atoms with Crippen LogP contribution in [0.15, 0.2) is 27.9 Å². The van der Waals surface area contributed by atoms with Gasteiger partial charge in [-0.1, -0.05) is 28.6 Å². The van der Waals surface area contributed by atoms with E-state index in [2.05, 4.69) is 4.98 Å². The van der Waals surface area contributed by atoms with Crippen molar-refractivity contribution >= 4 is 29.1 Å². The van der Waals surface area contributed by atoms with Crippen LogP contribution in [-0.2, 0) is 4.74 Å². The van der Waals surface area contributed by atoms with Gasteiger partial charge >= 0.3 is 5.69 Å². The summed E-state index contributed by atoms with van der Waals surface area (Å²) in [5.74, 6) is -1.03. The van der Waals surface area contributed by atoms with E-state index in [4.69, 9.17) is 27.2 Å². The van der Waals surface area contributed by atoms with Gasteiger partial charge in [0, 0.05) is 11.8 Å². The first-order valence-corrected chi connectivity index (χ1v) is 8.57. The molecular formula is C10H11Cl2N2O4P. The maximum Gasteiger partial charge on any atom is 0.330 e. The molecule has 0 fully saturated rings. The van der Waals surface area contributed by atoms with E-state index >= 15 is 0 Å². The maximum atomic E-state index is 11.7. The highest BCUT2D eigenvalue weighted by Crippen LogP contribution is 2.53. The number of hydrogen-bond acceptors (Lipinski definition) is 4. The topological polar surface area (TPSA) is 84.3 Å². The lowest BCUT2D eigenvalue weighted by Crippen LogP contribution is -2.34. The molecule has 0 aromatic carbocycles. The molecular weight excluding hydrogens is 314 g/mol. The summed E-state index contributed by atoms with van der Waals surface area (Å²) in [5.41, 5.74) is -0.637. The Bertz CT molecular complexity index is 612. The fourth-order valence-electron chi connectivity index (χ4n) is 1.67. The van der Waals surface area contributed by atoms with Gasteiger partial charge in [0.05, 0.1) is 0 Å². The SMILES string of the molecule is Cc1cn([C@H]2C=C[C@@H](C(O)P(Cl)Cl)O2)c(=O)[nH]c1=O. The molecule has 0 saturated heterocycles. The second-order valence-electron chi connectivity index (χ2n) is 4.03. The highest BCUT2D eigenvalue weighted by Gasteiger charge is 2.31. The Morgan fingerprint density at radius 1 is 1.47 bits per heavy atom. The van der Waals surface area contributed by atoms with E-state index in [-0.39, 0.29) is 0 Å². The minimum atomic E-state index is -1.60. The fourth-order valence-corrected chi connectivity index (χ4v) is 2.73. The van der Waals surface area contributed by atoms with Gasteiger partial charge in [0.1, 0.15) is 18.6 Å². The van der Waals surface area contributed by atoms with Crippen LogP contribution in [0.5, 0.6) is 0 Å². The number of hydrogen-bond donors (Lipinski definition) is 2. The van der Waals surface area contributed by atoms with Crippen molar-refractivity contribution in [2.45, 2.75) is 25.1 Å². The number of H-pyrrole nitrogens is 1. The first-order chi connectivity index (χ1) is 8.90. The number of nitrogens with one attached hydrogen (secondary N) is 1. The quantitative estimate of drug-likeness (QED) is 0.650. The summed E-state index contributed by atoms with van der Waals surface area (Å²) in [7, 11) is 0. The van der Waals surface area contributed by atoms with Gasteiger partial charge in [-0.2, -0.15) is 0 Å². The van der Waals surface area contributed by atoms with Crippen molar-refractivity contribution in [2.24, 2.45) is 0 Å². The average molecular weight is 325 g/mol. The van der Waals surface area contributed by atoms with Crippen LogP contribution in [0.2, 0.25) is 0 Å². The van der Waals surface area contributed by atoms with Crippen molar-refractivity contribution in [1.29, 1.82) is 0 Å². The average Bonchev–Trinajstić information content (AvgIpc) is 2.81. The Labute approximate surface area is 118 Å². The lowest BCUT2D eigenvalue weighted by molar-refractivity contribution is -0.0214. The van der Waals surface area contributed by atoms with Crippen molar-refractivity contribution < 1.29 is 9.84 Å². The zero-order valence-electron chi connectivity index (χ0n) is 9.79. The van der Waals surface area contributed by atoms with E-state index in [0.29, 0.717) is 5.56 Å². The van der Waals surface area contributed by atoms with Gasteiger partial charge in [0.25, 0.3) is 5.56 Å². The molecule has 0 amide bonds. The highest BCUT2D eigenvalue weighted by atomic mass is 35.9. The monoisotopic (exact) mass is 324 g/mol. The van der Waals surface area contributed by atoms with Crippen molar-refractivity contribution in [3.63, 3.8) is 0 Å². The number of halogens is 2.